The summed E-state index contributed by atoms with van der Waals surface area (Å²) >= 11 is 0. The molecule has 1 fully saturated rings. The Kier molecular flexibility index (Phi) is 7.22. The van der Waals surface area contributed by atoms with E-state index in [4.69, 9.17) is 9.47 Å². The smallest absolute Gasteiger partial charge is 0.270 e. The van der Waals surface area contributed by atoms with E-state index in [9.17, 15) is 18.5 Å². The first-order chi connectivity index (χ1) is 15.1. The molecule has 11 heteroatoms. The van der Waals surface area contributed by atoms with Crippen molar-refractivity contribution in [3.8, 4) is 5.75 Å². The van der Waals surface area contributed by atoms with Crippen LogP contribution in [0.25, 0.3) is 0 Å². The fourth-order valence-corrected chi connectivity index (χ4v) is 4.79. The summed E-state index contributed by atoms with van der Waals surface area (Å²) in [6.07, 6.45) is 0. The topological polar surface area (TPSA) is 123 Å². The van der Waals surface area contributed by atoms with Gasteiger partial charge < -0.3 is 14.8 Å². The van der Waals surface area contributed by atoms with Gasteiger partial charge in [0, 0.05) is 37.3 Å². The Morgan fingerprint density at radius 3 is 2.50 bits per heavy atom. The predicted molar refractivity (Wildman–Crippen MR) is 122 cm³/mol. The van der Waals surface area contributed by atoms with Crippen LogP contribution in [0.15, 0.2) is 47.4 Å². The van der Waals surface area contributed by atoms with Crippen molar-refractivity contribution < 1.29 is 22.8 Å². The standard InChI is InChI=1S/C21H28N4O6S/c1-21(2,24-10-12-31-13-11-24)15-22-18-9-8-16(25(26)27)14-20(18)32(28,29)23-17-6-4-5-7-19(17)30-3/h4-9,14,22-23H,10-13,15H2,1-3H3. The number of nitro benzene ring substituents is 1. The van der Waals surface area contributed by atoms with Gasteiger partial charge in [-0.05, 0) is 32.0 Å². The molecule has 0 spiro atoms. The molecule has 0 bridgehead atoms. The number of ether oxygens (including phenoxy) is 2. The van der Waals surface area contributed by atoms with Crippen molar-refractivity contribution in [2.24, 2.45) is 0 Å². The van der Waals surface area contributed by atoms with Crippen LogP contribution in [0.1, 0.15) is 13.8 Å². The number of para-hydroxylation sites is 2. The number of nitrogens with one attached hydrogen (secondary N) is 2. The van der Waals surface area contributed by atoms with Gasteiger partial charge in [-0.1, -0.05) is 12.1 Å². The van der Waals surface area contributed by atoms with Crippen LogP contribution >= 0.6 is 0 Å². The van der Waals surface area contributed by atoms with E-state index in [1.54, 1.807) is 24.3 Å². The van der Waals surface area contributed by atoms with Gasteiger partial charge in [0.25, 0.3) is 15.7 Å². The minimum absolute atomic E-state index is 0.213. The van der Waals surface area contributed by atoms with Gasteiger partial charge in [0.2, 0.25) is 0 Å². The third kappa shape index (κ3) is 5.47. The van der Waals surface area contributed by atoms with E-state index >= 15 is 0 Å². The molecule has 1 saturated heterocycles. The van der Waals surface area contributed by atoms with Crippen molar-refractivity contribution in [2.45, 2.75) is 24.3 Å². The Hall–Kier alpha value is -2.89. The van der Waals surface area contributed by atoms with Gasteiger partial charge in [0.1, 0.15) is 10.6 Å². The quantitative estimate of drug-likeness (QED) is 0.429. The maximum Gasteiger partial charge on any atom is 0.270 e. The van der Waals surface area contributed by atoms with Crippen molar-refractivity contribution in [1.29, 1.82) is 0 Å². The van der Waals surface area contributed by atoms with Crippen molar-refractivity contribution >= 4 is 27.1 Å². The van der Waals surface area contributed by atoms with Crippen molar-refractivity contribution in [3.05, 3.63) is 52.6 Å². The highest BCUT2D eigenvalue weighted by molar-refractivity contribution is 7.93. The largest absolute Gasteiger partial charge is 0.495 e. The first-order valence-corrected chi connectivity index (χ1v) is 11.6. The predicted octanol–water partition coefficient (Wildman–Crippen LogP) is 2.93. The van der Waals surface area contributed by atoms with E-state index in [0.717, 1.165) is 19.2 Å². The summed E-state index contributed by atoms with van der Waals surface area (Å²) < 4.78 is 39.6. The molecule has 0 unspecified atom stereocenters. The molecule has 0 amide bonds. The summed E-state index contributed by atoms with van der Waals surface area (Å²) in [5, 5.41) is 14.5. The zero-order valence-electron chi connectivity index (χ0n) is 18.3. The number of morpholine rings is 1. The maximum atomic E-state index is 13.2. The minimum Gasteiger partial charge on any atom is -0.495 e. The first-order valence-electron chi connectivity index (χ1n) is 10.1. The molecule has 1 aliphatic rings. The van der Waals surface area contributed by atoms with Crippen LogP contribution in [0.2, 0.25) is 0 Å². The molecule has 2 aromatic rings. The van der Waals surface area contributed by atoms with Gasteiger partial charge in [-0.2, -0.15) is 0 Å². The Balaban J connectivity index is 1.91. The molecule has 2 N–H and O–H groups in total. The first kappa shape index (κ1) is 23.8. The molecule has 0 aliphatic carbocycles. The molecule has 32 heavy (non-hydrogen) atoms. The third-order valence-electron chi connectivity index (χ3n) is 5.40. The van der Waals surface area contributed by atoms with Crippen LogP contribution in [0.4, 0.5) is 17.1 Å². The van der Waals surface area contributed by atoms with E-state index in [2.05, 4.69) is 28.8 Å². The monoisotopic (exact) mass is 464 g/mol. The van der Waals surface area contributed by atoms with Gasteiger partial charge in [-0.15, -0.1) is 0 Å². The average molecular weight is 465 g/mol. The molecular formula is C21H28N4O6S. The van der Waals surface area contributed by atoms with Crippen LogP contribution in [-0.4, -0.2) is 63.7 Å². The Morgan fingerprint density at radius 1 is 1.16 bits per heavy atom. The SMILES string of the molecule is COc1ccccc1NS(=O)(=O)c1cc([N+](=O)[O-])ccc1NCC(C)(C)N1CCOCC1. The molecule has 1 heterocycles. The van der Waals surface area contributed by atoms with Crippen LogP contribution in [-0.2, 0) is 14.8 Å². The summed E-state index contributed by atoms with van der Waals surface area (Å²) in [6, 6.07) is 10.3. The number of nitrogens with zero attached hydrogens (tertiary/aromatic N) is 2. The number of methoxy groups -OCH3 is 1. The number of anilines is 2. The fourth-order valence-electron chi connectivity index (χ4n) is 3.51. The Labute approximate surface area is 187 Å². The van der Waals surface area contributed by atoms with E-state index in [0.29, 0.717) is 25.5 Å². The van der Waals surface area contributed by atoms with E-state index < -0.39 is 14.9 Å². The highest BCUT2D eigenvalue weighted by atomic mass is 32.2. The molecular weight excluding hydrogens is 436 g/mol. The lowest BCUT2D eigenvalue weighted by Gasteiger charge is -2.41. The van der Waals surface area contributed by atoms with Crippen LogP contribution in [0.3, 0.4) is 0 Å². The van der Waals surface area contributed by atoms with Gasteiger partial charge in [-0.3, -0.25) is 19.7 Å². The second kappa shape index (κ2) is 9.72. The van der Waals surface area contributed by atoms with Crippen LogP contribution in [0, 0.1) is 10.1 Å². The molecule has 10 nitrogen and oxygen atoms in total. The molecule has 174 valence electrons. The second-order valence-corrected chi connectivity index (χ2v) is 9.66. The number of non-ortho nitro benzene ring substituents is 1. The van der Waals surface area contributed by atoms with Gasteiger partial charge >= 0.3 is 0 Å². The van der Waals surface area contributed by atoms with E-state index in [1.807, 2.05) is 0 Å². The van der Waals surface area contributed by atoms with Gasteiger partial charge in [0.05, 0.1) is 36.6 Å². The van der Waals surface area contributed by atoms with E-state index in [1.165, 1.54) is 19.2 Å². The average Bonchev–Trinajstić information content (AvgIpc) is 2.78. The number of hydrogen-bond acceptors (Lipinski definition) is 8. The summed E-state index contributed by atoms with van der Waals surface area (Å²) in [4.78, 5) is 12.7. The minimum atomic E-state index is -4.16. The number of sulfonamides is 1. The highest BCUT2D eigenvalue weighted by Crippen LogP contribution is 2.31. The summed E-state index contributed by atoms with van der Waals surface area (Å²) in [6.45, 7) is 7.37. The zero-order valence-corrected chi connectivity index (χ0v) is 19.1. The molecule has 0 radical (unpaired) electrons. The zero-order chi connectivity index (χ0) is 23.4. The number of nitro groups is 1. The fraction of sp³-hybridized carbons (Fsp3) is 0.429. The summed E-state index contributed by atoms with van der Waals surface area (Å²) in [5.41, 5.74) is -0.0910. The lowest BCUT2D eigenvalue weighted by Crippen LogP contribution is -2.53. The number of benzene rings is 2. The molecule has 2 aromatic carbocycles. The summed E-state index contributed by atoms with van der Waals surface area (Å²) in [7, 11) is -2.72. The number of hydrogen-bond donors (Lipinski definition) is 2. The van der Waals surface area contributed by atoms with Crippen molar-refractivity contribution in [2.75, 3.05) is 50.0 Å². The normalized spacial score (nSPS) is 15.2. The van der Waals surface area contributed by atoms with Crippen molar-refractivity contribution in [1.82, 2.24) is 4.90 Å². The summed E-state index contributed by atoms with van der Waals surface area (Å²) in [5.74, 6) is 0.337. The lowest BCUT2D eigenvalue weighted by molar-refractivity contribution is -0.385. The molecule has 3 rings (SSSR count). The van der Waals surface area contributed by atoms with Crippen molar-refractivity contribution in [3.63, 3.8) is 0 Å². The second-order valence-electron chi connectivity index (χ2n) is 8.01. The molecule has 0 aromatic heterocycles. The highest BCUT2D eigenvalue weighted by Gasteiger charge is 2.30. The van der Waals surface area contributed by atoms with Crippen LogP contribution < -0.4 is 14.8 Å². The molecule has 0 atom stereocenters. The molecule has 1 aliphatic heterocycles. The third-order valence-corrected chi connectivity index (χ3v) is 6.80. The van der Waals surface area contributed by atoms with E-state index in [-0.39, 0.29) is 27.5 Å². The van der Waals surface area contributed by atoms with Gasteiger partial charge in [0.15, 0.2) is 0 Å². The van der Waals surface area contributed by atoms with Gasteiger partial charge in [-0.25, -0.2) is 8.42 Å². The lowest BCUT2D eigenvalue weighted by atomic mass is 10.0. The number of rotatable bonds is 9. The maximum absolute atomic E-state index is 13.2. The molecule has 0 saturated carbocycles. The Morgan fingerprint density at radius 2 is 1.84 bits per heavy atom. The van der Waals surface area contributed by atoms with Crippen LogP contribution in [0.5, 0.6) is 5.75 Å². The Bertz CT molecular complexity index is 1070.